The molecule has 124 valence electrons. The average Bonchev–Trinajstić information content (AvgIpc) is 2.92. The highest BCUT2D eigenvalue weighted by atomic mass is 16.5. The lowest BCUT2D eigenvalue weighted by Gasteiger charge is -2.36. The first-order chi connectivity index (χ1) is 11.2. The summed E-state index contributed by atoms with van der Waals surface area (Å²) in [4.78, 5) is 5.84. The molecule has 3 rings (SSSR count). The van der Waals surface area contributed by atoms with E-state index < -0.39 is 11.9 Å². The summed E-state index contributed by atoms with van der Waals surface area (Å²) in [7, 11) is 7.39. The third-order valence-corrected chi connectivity index (χ3v) is 4.22. The van der Waals surface area contributed by atoms with Crippen LogP contribution in [-0.2, 0) is 0 Å². The number of nitrogens with one attached hydrogen (secondary N) is 2. The molecule has 0 aliphatic carbocycles. The summed E-state index contributed by atoms with van der Waals surface area (Å²) >= 11 is 0. The fourth-order valence-electron chi connectivity index (χ4n) is 3.04. The van der Waals surface area contributed by atoms with Gasteiger partial charge in [0.15, 0.2) is 13.5 Å². The van der Waals surface area contributed by atoms with Crippen molar-refractivity contribution in [2.45, 2.75) is 25.7 Å². The number of hydrogen-bond donors (Lipinski definition) is 5. The number of amidine groups is 1. The van der Waals surface area contributed by atoms with Gasteiger partial charge in [0, 0.05) is 30.2 Å². The van der Waals surface area contributed by atoms with E-state index in [2.05, 4.69) is 15.6 Å². The van der Waals surface area contributed by atoms with Crippen molar-refractivity contribution >= 4 is 25.1 Å². The third kappa shape index (κ3) is 2.53. The quantitative estimate of drug-likeness (QED) is 0.395. The molecule has 0 bridgehead atoms. The van der Waals surface area contributed by atoms with Crippen LogP contribution in [0.4, 0.5) is 5.69 Å². The monoisotopic (exact) mass is 325 g/mol. The number of benzene rings is 1. The molecule has 1 aromatic carbocycles. The number of aryl methyl sites for hydroxylation is 1. The summed E-state index contributed by atoms with van der Waals surface area (Å²) in [5.41, 5.74) is 8.41. The molecule has 1 unspecified atom stereocenters. The Morgan fingerprint density at radius 3 is 2.67 bits per heavy atom. The first-order valence-electron chi connectivity index (χ1n) is 7.57. The number of rotatable bonds is 3. The predicted molar refractivity (Wildman–Crippen MR) is 94.7 cm³/mol. The van der Waals surface area contributed by atoms with E-state index in [9.17, 15) is 10.2 Å². The van der Waals surface area contributed by atoms with Crippen LogP contribution in [0.2, 0.25) is 0 Å². The van der Waals surface area contributed by atoms with Gasteiger partial charge in [-0.15, -0.1) is 0 Å². The van der Waals surface area contributed by atoms with E-state index in [0.29, 0.717) is 17.1 Å². The number of fused-ring (bicyclic) bond motifs is 1. The predicted octanol–water partition coefficient (Wildman–Crippen LogP) is -0.0244. The molecule has 0 amide bonds. The van der Waals surface area contributed by atoms with Crippen LogP contribution in [0.15, 0.2) is 40.8 Å². The zero-order valence-electron chi connectivity index (χ0n) is 13.8. The number of aliphatic imine (C=N–C) groups is 1. The molecular formula is C16H20BN5O2. The Kier molecular flexibility index (Phi) is 3.81. The smallest absolute Gasteiger partial charge is 0.159 e. The van der Waals surface area contributed by atoms with Gasteiger partial charge in [0.05, 0.1) is 5.70 Å². The Hall–Kier alpha value is -2.45. The summed E-state index contributed by atoms with van der Waals surface area (Å²) in [6.07, 6.45) is 0.593. The number of nitrogens with two attached hydrogens (primary N) is 1. The van der Waals surface area contributed by atoms with Crippen molar-refractivity contribution in [1.29, 1.82) is 0 Å². The van der Waals surface area contributed by atoms with E-state index in [1.54, 1.807) is 18.0 Å². The van der Waals surface area contributed by atoms with Crippen LogP contribution in [-0.4, -0.2) is 47.7 Å². The fourth-order valence-corrected chi connectivity index (χ4v) is 3.04. The van der Waals surface area contributed by atoms with Gasteiger partial charge in [-0.25, -0.2) is 4.99 Å². The highest BCUT2D eigenvalue weighted by molar-refractivity contribution is 6.14. The van der Waals surface area contributed by atoms with Crippen LogP contribution in [0.25, 0.3) is 5.70 Å². The number of aliphatic hydroxyl groups is 2. The molecule has 6 N–H and O–H groups in total. The molecule has 2 aliphatic rings. The molecule has 0 saturated carbocycles. The molecule has 1 aromatic rings. The molecule has 2 radical (unpaired) electrons. The van der Waals surface area contributed by atoms with Gasteiger partial charge in [-0.1, -0.05) is 6.07 Å². The van der Waals surface area contributed by atoms with Crippen molar-refractivity contribution in [2.24, 2.45) is 10.7 Å². The molecule has 2 aliphatic heterocycles. The Bertz CT molecular complexity index is 779. The van der Waals surface area contributed by atoms with E-state index in [1.165, 1.54) is 0 Å². The lowest BCUT2D eigenvalue weighted by molar-refractivity contribution is -0.130. The molecule has 0 fully saturated rings. The van der Waals surface area contributed by atoms with Crippen molar-refractivity contribution in [3.8, 4) is 0 Å². The van der Waals surface area contributed by atoms with Gasteiger partial charge in [-0.05, 0) is 31.5 Å². The minimum atomic E-state index is -2.46. The van der Waals surface area contributed by atoms with Gasteiger partial charge >= 0.3 is 0 Å². The maximum atomic E-state index is 9.96. The maximum absolute atomic E-state index is 9.96. The van der Waals surface area contributed by atoms with Gasteiger partial charge in [0.25, 0.3) is 0 Å². The van der Waals surface area contributed by atoms with Crippen molar-refractivity contribution in [1.82, 2.24) is 10.2 Å². The second-order valence-corrected chi connectivity index (χ2v) is 5.99. The van der Waals surface area contributed by atoms with Gasteiger partial charge in [-0.2, -0.15) is 0 Å². The molecule has 8 heteroatoms. The zero-order valence-corrected chi connectivity index (χ0v) is 13.8. The Morgan fingerprint density at radius 2 is 2.08 bits per heavy atom. The van der Waals surface area contributed by atoms with Crippen LogP contribution in [0.1, 0.15) is 18.1 Å². The summed E-state index contributed by atoms with van der Waals surface area (Å²) < 4.78 is 0. The van der Waals surface area contributed by atoms with Crippen molar-refractivity contribution in [3.63, 3.8) is 0 Å². The Labute approximate surface area is 142 Å². The zero-order chi connectivity index (χ0) is 17.6. The largest absolute Gasteiger partial charge is 0.388 e. The van der Waals surface area contributed by atoms with Crippen molar-refractivity contribution in [3.05, 3.63) is 46.9 Å². The minimum absolute atomic E-state index is 0.284. The topological polar surface area (TPSA) is 106 Å². The SMILES string of the molecule is [B]C(O)(O)C1NC(c2ccc(NC)cc2C)=C2C(N)=NC=C(C)N21. The van der Waals surface area contributed by atoms with Crippen LogP contribution < -0.4 is 16.4 Å². The third-order valence-electron chi connectivity index (χ3n) is 4.22. The molecule has 2 heterocycles. The normalized spacial score (nSPS) is 20.4. The number of nitrogens with zero attached hydrogens (tertiary/aromatic N) is 2. The minimum Gasteiger partial charge on any atom is -0.388 e. The van der Waals surface area contributed by atoms with Crippen LogP contribution in [0.3, 0.4) is 0 Å². The summed E-state index contributed by atoms with van der Waals surface area (Å²) in [5.74, 6) is 0.284. The summed E-state index contributed by atoms with van der Waals surface area (Å²) in [5, 5.41) is 26.1. The van der Waals surface area contributed by atoms with E-state index in [1.807, 2.05) is 32.2 Å². The molecule has 24 heavy (non-hydrogen) atoms. The lowest BCUT2D eigenvalue weighted by Crippen LogP contribution is -2.56. The molecule has 7 nitrogen and oxygen atoms in total. The second-order valence-electron chi connectivity index (χ2n) is 5.99. The molecular weight excluding hydrogens is 305 g/mol. The molecule has 0 saturated heterocycles. The Balaban J connectivity index is 2.16. The second kappa shape index (κ2) is 5.57. The van der Waals surface area contributed by atoms with Gasteiger partial charge in [0.2, 0.25) is 0 Å². The first-order valence-corrected chi connectivity index (χ1v) is 7.57. The molecule has 0 spiro atoms. The van der Waals surface area contributed by atoms with Crippen LogP contribution >= 0.6 is 0 Å². The van der Waals surface area contributed by atoms with Crippen LogP contribution in [0, 0.1) is 6.92 Å². The summed E-state index contributed by atoms with van der Waals surface area (Å²) in [6.45, 7) is 3.77. The lowest BCUT2D eigenvalue weighted by atomic mass is 9.91. The van der Waals surface area contributed by atoms with E-state index in [-0.39, 0.29) is 5.84 Å². The highest BCUT2D eigenvalue weighted by Gasteiger charge is 2.44. The maximum Gasteiger partial charge on any atom is 0.159 e. The van der Waals surface area contributed by atoms with Crippen molar-refractivity contribution in [2.75, 3.05) is 12.4 Å². The highest BCUT2D eigenvalue weighted by Crippen LogP contribution is 2.36. The molecule has 1 atom stereocenters. The van der Waals surface area contributed by atoms with E-state index in [0.717, 1.165) is 16.8 Å². The van der Waals surface area contributed by atoms with Gasteiger partial charge in [-0.3, -0.25) is 0 Å². The number of hydrogen-bond acceptors (Lipinski definition) is 7. The molecule has 0 aromatic heterocycles. The number of anilines is 1. The fraction of sp³-hybridized carbons (Fsp3) is 0.312. The van der Waals surface area contributed by atoms with Gasteiger partial charge in [0.1, 0.15) is 17.7 Å². The Morgan fingerprint density at radius 1 is 1.38 bits per heavy atom. The number of allylic oxidation sites excluding steroid dienone is 1. The standard InChI is InChI=1S/C16H20BN5O2/c1-8-6-10(19-3)4-5-11(8)12-13-14(18)20-7-9(2)22(13)15(21-12)16(17,23)24/h4-7,15,19,21,23-24H,1-3H3,(H2,18,20). The van der Waals surface area contributed by atoms with Crippen LogP contribution in [0.5, 0.6) is 0 Å². The van der Waals surface area contributed by atoms with E-state index in [4.69, 9.17) is 13.6 Å². The summed E-state index contributed by atoms with van der Waals surface area (Å²) in [6, 6.07) is 5.86. The first kappa shape index (κ1) is 16.4. The van der Waals surface area contributed by atoms with Crippen molar-refractivity contribution < 1.29 is 10.2 Å². The van der Waals surface area contributed by atoms with E-state index >= 15 is 0 Å². The van der Waals surface area contributed by atoms with Gasteiger partial charge < -0.3 is 31.5 Å². The average molecular weight is 325 g/mol.